The molecule has 0 unspecified atom stereocenters. The lowest BCUT2D eigenvalue weighted by Gasteiger charge is -2.12. The number of rotatable bonds is 6. The lowest BCUT2D eigenvalue weighted by molar-refractivity contribution is -0.274. The lowest BCUT2D eigenvalue weighted by Crippen LogP contribution is -2.17. The minimum atomic E-state index is -4.69. The van der Waals surface area contributed by atoms with E-state index in [9.17, 15) is 13.2 Å². The maximum atomic E-state index is 12.0. The molecule has 1 rings (SSSR count). The number of ether oxygens (including phenoxy) is 2. The summed E-state index contributed by atoms with van der Waals surface area (Å²) in [4.78, 5) is 0. The van der Waals surface area contributed by atoms with Crippen LogP contribution in [0.15, 0.2) is 22.7 Å². The Labute approximate surface area is 111 Å². The van der Waals surface area contributed by atoms with Gasteiger partial charge < -0.3 is 14.8 Å². The number of alkyl halides is 3. The Bertz CT molecular complexity index is 385. The molecule has 0 aliphatic rings. The highest BCUT2D eigenvalue weighted by atomic mass is 79.9. The van der Waals surface area contributed by atoms with E-state index < -0.39 is 6.36 Å². The van der Waals surface area contributed by atoms with Crippen LogP contribution in [0.2, 0.25) is 0 Å². The molecule has 0 aromatic heterocycles. The molecule has 1 aromatic carbocycles. The summed E-state index contributed by atoms with van der Waals surface area (Å²) in [6.45, 7) is 3.64. The van der Waals surface area contributed by atoms with Crippen molar-refractivity contribution in [1.82, 2.24) is 0 Å². The summed E-state index contributed by atoms with van der Waals surface area (Å²) in [5, 5.41) is 3.02. The summed E-state index contributed by atoms with van der Waals surface area (Å²) in [5.74, 6) is -0.266. The first-order chi connectivity index (χ1) is 8.42. The lowest BCUT2D eigenvalue weighted by atomic mass is 10.3. The first-order valence-corrected chi connectivity index (χ1v) is 6.08. The molecule has 0 saturated carbocycles. The predicted molar refractivity (Wildman–Crippen MR) is 65.8 cm³/mol. The predicted octanol–water partition coefficient (Wildman–Crippen LogP) is 3.80. The Morgan fingerprint density at radius 1 is 1.33 bits per heavy atom. The van der Waals surface area contributed by atoms with E-state index in [2.05, 4.69) is 26.0 Å². The first-order valence-electron chi connectivity index (χ1n) is 5.29. The fourth-order valence-corrected chi connectivity index (χ4v) is 1.69. The van der Waals surface area contributed by atoms with Gasteiger partial charge in [-0.1, -0.05) is 0 Å². The Morgan fingerprint density at radius 2 is 2.06 bits per heavy atom. The van der Waals surface area contributed by atoms with Crippen molar-refractivity contribution in [1.29, 1.82) is 0 Å². The van der Waals surface area contributed by atoms with E-state index in [1.807, 2.05) is 6.92 Å². The molecule has 0 amide bonds. The molecule has 0 fully saturated rings. The van der Waals surface area contributed by atoms with Gasteiger partial charge in [0, 0.05) is 18.8 Å². The van der Waals surface area contributed by atoms with Crippen LogP contribution in [0.3, 0.4) is 0 Å². The van der Waals surface area contributed by atoms with E-state index in [1.54, 1.807) is 0 Å². The molecule has 0 radical (unpaired) electrons. The summed E-state index contributed by atoms with van der Waals surface area (Å²) in [7, 11) is 0. The Kier molecular flexibility index (Phi) is 5.74. The van der Waals surface area contributed by atoms with Gasteiger partial charge in [-0.2, -0.15) is 0 Å². The molecule has 102 valence electrons. The Hall–Kier alpha value is -0.950. The molecular weight excluding hydrogens is 315 g/mol. The first kappa shape index (κ1) is 15.1. The SMILES string of the molecule is CCOCCNc1ccc(OC(F)(F)F)c(Br)c1. The topological polar surface area (TPSA) is 30.5 Å². The monoisotopic (exact) mass is 327 g/mol. The van der Waals surface area contributed by atoms with Crippen molar-refractivity contribution in [3.05, 3.63) is 22.7 Å². The normalized spacial score (nSPS) is 11.4. The Morgan fingerprint density at radius 3 is 2.61 bits per heavy atom. The number of hydrogen-bond acceptors (Lipinski definition) is 3. The second-order valence-electron chi connectivity index (χ2n) is 3.32. The number of anilines is 1. The van der Waals surface area contributed by atoms with Crippen LogP contribution in [0.1, 0.15) is 6.92 Å². The van der Waals surface area contributed by atoms with Gasteiger partial charge in [0.1, 0.15) is 5.75 Å². The third-order valence-corrected chi connectivity index (χ3v) is 2.56. The van der Waals surface area contributed by atoms with Crippen LogP contribution in [0.25, 0.3) is 0 Å². The van der Waals surface area contributed by atoms with Crippen molar-refractivity contribution in [3.63, 3.8) is 0 Å². The van der Waals surface area contributed by atoms with Gasteiger partial charge in [0.15, 0.2) is 0 Å². The summed E-state index contributed by atoms with van der Waals surface area (Å²) in [6.07, 6.45) is -4.69. The largest absolute Gasteiger partial charge is 0.573 e. The molecule has 1 aromatic rings. The third-order valence-electron chi connectivity index (χ3n) is 1.94. The highest BCUT2D eigenvalue weighted by Gasteiger charge is 2.31. The third kappa shape index (κ3) is 5.59. The summed E-state index contributed by atoms with van der Waals surface area (Å²) >= 11 is 3.03. The van der Waals surface area contributed by atoms with Gasteiger partial charge in [-0.3, -0.25) is 0 Å². The van der Waals surface area contributed by atoms with E-state index in [1.165, 1.54) is 18.2 Å². The molecule has 0 bridgehead atoms. The molecule has 0 heterocycles. The number of halogens is 4. The molecule has 0 saturated heterocycles. The van der Waals surface area contributed by atoms with Gasteiger partial charge in [-0.15, -0.1) is 13.2 Å². The van der Waals surface area contributed by atoms with E-state index in [0.717, 1.165) is 0 Å². The van der Waals surface area contributed by atoms with Crippen LogP contribution in [0, 0.1) is 0 Å². The van der Waals surface area contributed by atoms with Gasteiger partial charge in [0.05, 0.1) is 11.1 Å². The molecule has 0 spiro atoms. The summed E-state index contributed by atoms with van der Waals surface area (Å²) < 4.78 is 45.3. The van der Waals surface area contributed by atoms with Crippen LogP contribution in [-0.4, -0.2) is 26.1 Å². The molecule has 3 nitrogen and oxygen atoms in total. The molecule has 0 atom stereocenters. The molecule has 0 aliphatic heterocycles. The van der Waals surface area contributed by atoms with E-state index in [0.29, 0.717) is 25.4 Å². The fourth-order valence-electron chi connectivity index (χ4n) is 1.23. The zero-order chi connectivity index (χ0) is 13.6. The average Bonchev–Trinajstić information content (AvgIpc) is 2.26. The molecule has 1 N–H and O–H groups in total. The second-order valence-corrected chi connectivity index (χ2v) is 4.17. The van der Waals surface area contributed by atoms with Crippen molar-refractivity contribution in [2.24, 2.45) is 0 Å². The van der Waals surface area contributed by atoms with Crippen LogP contribution < -0.4 is 10.1 Å². The van der Waals surface area contributed by atoms with Crippen molar-refractivity contribution in [2.45, 2.75) is 13.3 Å². The van der Waals surface area contributed by atoms with Crippen molar-refractivity contribution < 1.29 is 22.6 Å². The number of nitrogens with one attached hydrogen (secondary N) is 1. The van der Waals surface area contributed by atoms with Gasteiger partial charge in [-0.25, -0.2) is 0 Å². The van der Waals surface area contributed by atoms with E-state index >= 15 is 0 Å². The quantitative estimate of drug-likeness (QED) is 0.806. The van der Waals surface area contributed by atoms with Gasteiger partial charge >= 0.3 is 6.36 Å². The standard InChI is InChI=1S/C11H13BrF3NO2/c1-2-17-6-5-16-8-3-4-10(9(12)7-8)18-11(13,14)15/h3-4,7,16H,2,5-6H2,1H3. The van der Waals surface area contributed by atoms with Crippen molar-refractivity contribution >= 4 is 21.6 Å². The Balaban J connectivity index is 2.56. The number of hydrogen-bond donors (Lipinski definition) is 1. The molecule has 7 heteroatoms. The summed E-state index contributed by atoms with van der Waals surface area (Å²) in [5.41, 5.74) is 0.691. The molecule has 18 heavy (non-hydrogen) atoms. The molecular formula is C11H13BrF3NO2. The van der Waals surface area contributed by atoms with Crippen molar-refractivity contribution in [3.8, 4) is 5.75 Å². The fraction of sp³-hybridized carbons (Fsp3) is 0.455. The van der Waals surface area contributed by atoms with Crippen LogP contribution >= 0.6 is 15.9 Å². The maximum absolute atomic E-state index is 12.0. The van der Waals surface area contributed by atoms with Crippen LogP contribution in [0.4, 0.5) is 18.9 Å². The van der Waals surface area contributed by atoms with Crippen LogP contribution in [0.5, 0.6) is 5.75 Å². The zero-order valence-corrected chi connectivity index (χ0v) is 11.3. The molecule has 0 aliphatic carbocycles. The summed E-state index contributed by atoms with van der Waals surface area (Å²) in [6, 6.07) is 4.28. The highest BCUT2D eigenvalue weighted by molar-refractivity contribution is 9.10. The maximum Gasteiger partial charge on any atom is 0.573 e. The minimum Gasteiger partial charge on any atom is -0.405 e. The van der Waals surface area contributed by atoms with Gasteiger partial charge in [-0.05, 0) is 41.1 Å². The number of benzene rings is 1. The average molecular weight is 328 g/mol. The van der Waals surface area contributed by atoms with E-state index in [4.69, 9.17) is 4.74 Å². The van der Waals surface area contributed by atoms with Crippen LogP contribution in [-0.2, 0) is 4.74 Å². The van der Waals surface area contributed by atoms with Gasteiger partial charge in [0.2, 0.25) is 0 Å². The highest BCUT2D eigenvalue weighted by Crippen LogP contribution is 2.32. The second kappa shape index (κ2) is 6.84. The van der Waals surface area contributed by atoms with Gasteiger partial charge in [0.25, 0.3) is 0 Å². The smallest absolute Gasteiger partial charge is 0.405 e. The van der Waals surface area contributed by atoms with Crippen molar-refractivity contribution in [2.75, 3.05) is 25.1 Å². The minimum absolute atomic E-state index is 0.237. The zero-order valence-electron chi connectivity index (χ0n) is 9.68. The van der Waals surface area contributed by atoms with E-state index in [-0.39, 0.29) is 10.2 Å².